The monoisotopic (exact) mass is 438 g/mol. The molecule has 0 aliphatic heterocycles. The van der Waals surface area contributed by atoms with Crippen LogP contribution in [0.3, 0.4) is 0 Å². The summed E-state index contributed by atoms with van der Waals surface area (Å²) < 4.78 is 37.0. The Hall–Kier alpha value is -2.16. The van der Waals surface area contributed by atoms with Crippen molar-refractivity contribution in [2.75, 3.05) is 6.61 Å². The predicted octanol–water partition coefficient (Wildman–Crippen LogP) is 3.83. The van der Waals surface area contributed by atoms with Crippen LogP contribution in [-0.4, -0.2) is 25.6 Å². The molecule has 0 radical (unpaired) electrons. The number of hydrogen-bond donors (Lipinski definition) is 0. The third-order valence-electron chi connectivity index (χ3n) is 4.20. The molecule has 9 heteroatoms. The molecule has 0 saturated carbocycles. The van der Waals surface area contributed by atoms with Gasteiger partial charge in [-0.3, -0.25) is 4.79 Å². The summed E-state index contributed by atoms with van der Waals surface area (Å²) in [5, 5.41) is 0.434. The summed E-state index contributed by atoms with van der Waals surface area (Å²) in [7, 11) is -3.96. The van der Waals surface area contributed by atoms with Crippen molar-refractivity contribution in [1.82, 2.24) is 4.57 Å². The van der Waals surface area contributed by atoms with Gasteiger partial charge in [-0.1, -0.05) is 22.9 Å². The molecule has 0 bridgehead atoms. The number of nitrogens with zero attached hydrogens (tertiary/aromatic N) is 2. The first-order valence-electron chi connectivity index (χ1n) is 8.54. The Kier molecular flexibility index (Phi) is 5.92. The van der Waals surface area contributed by atoms with Crippen molar-refractivity contribution in [3.8, 4) is 0 Å². The summed E-state index contributed by atoms with van der Waals surface area (Å²) in [5.41, 5.74) is 2.85. The van der Waals surface area contributed by atoms with Gasteiger partial charge in [0.2, 0.25) is 4.80 Å². The summed E-state index contributed by atoms with van der Waals surface area (Å²) in [4.78, 5) is 12.3. The lowest BCUT2D eigenvalue weighted by molar-refractivity contribution is -0.143. The number of halogens is 1. The highest BCUT2D eigenvalue weighted by Gasteiger charge is 2.17. The minimum atomic E-state index is -3.96. The van der Waals surface area contributed by atoms with Gasteiger partial charge in [0.1, 0.15) is 6.54 Å². The van der Waals surface area contributed by atoms with Crippen molar-refractivity contribution < 1.29 is 17.9 Å². The van der Waals surface area contributed by atoms with E-state index >= 15 is 0 Å². The Labute approximate surface area is 172 Å². The van der Waals surface area contributed by atoms with E-state index in [-0.39, 0.29) is 22.8 Å². The van der Waals surface area contributed by atoms with Crippen LogP contribution in [0.25, 0.3) is 10.2 Å². The molecular weight excluding hydrogens is 420 g/mol. The molecule has 1 heterocycles. The first-order valence-corrected chi connectivity index (χ1v) is 11.2. The van der Waals surface area contributed by atoms with Crippen LogP contribution in [0.15, 0.2) is 45.7 Å². The number of thiazole rings is 1. The van der Waals surface area contributed by atoms with E-state index in [0.717, 1.165) is 21.3 Å². The molecule has 2 aromatic carbocycles. The lowest BCUT2D eigenvalue weighted by atomic mass is 10.1. The van der Waals surface area contributed by atoms with Crippen molar-refractivity contribution in [3.63, 3.8) is 0 Å². The van der Waals surface area contributed by atoms with Crippen LogP contribution in [0.5, 0.6) is 0 Å². The molecule has 0 atom stereocenters. The molecule has 148 valence electrons. The zero-order valence-corrected chi connectivity index (χ0v) is 18.0. The molecule has 1 aromatic heterocycles. The van der Waals surface area contributed by atoms with E-state index < -0.39 is 16.0 Å². The first kappa shape index (κ1) is 20.6. The molecule has 0 aliphatic carbocycles. The number of benzene rings is 2. The third kappa shape index (κ3) is 4.29. The number of esters is 1. The van der Waals surface area contributed by atoms with E-state index in [1.165, 1.54) is 35.6 Å². The van der Waals surface area contributed by atoms with E-state index in [1.807, 2.05) is 26.0 Å². The number of aromatic nitrogens is 1. The maximum atomic E-state index is 12.8. The van der Waals surface area contributed by atoms with Gasteiger partial charge in [0, 0.05) is 5.02 Å². The molecule has 28 heavy (non-hydrogen) atoms. The van der Waals surface area contributed by atoms with Gasteiger partial charge in [-0.15, -0.1) is 4.40 Å². The molecule has 3 aromatic rings. The maximum absolute atomic E-state index is 12.8. The van der Waals surface area contributed by atoms with E-state index in [9.17, 15) is 13.2 Å². The van der Waals surface area contributed by atoms with Crippen LogP contribution in [-0.2, 0) is 26.1 Å². The number of carbonyl (C=O) groups excluding carboxylic acids is 1. The topological polar surface area (TPSA) is 77.7 Å². The van der Waals surface area contributed by atoms with Crippen molar-refractivity contribution in [1.29, 1.82) is 0 Å². The summed E-state index contributed by atoms with van der Waals surface area (Å²) in [6, 6.07) is 9.68. The van der Waals surface area contributed by atoms with Gasteiger partial charge in [0.15, 0.2) is 0 Å². The van der Waals surface area contributed by atoms with Crippen LogP contribution in [0.4, 0.5) is 0 Å². The Balaban J connectivity index is 2.22. The molecular formula is C19H19ClN2O4S2. The summed E-state index contributed by atoms with van der Waals surface area (Å²) in [6.45, 7) is 5.78. The smallest absolute Gasteiger partial charge is 0.326 e. The summed E-state index contributed by atoms with van der Waals surface area (Å²) in [6.07, 6.45) is 0. The molecule has 0 amide bonds. The Morgan fingerprint density at radius 2 is 1.82 bits per heavy atom. The first-order chi connectivity index (χ1) is 13.2. The average Bonchev–Trinajstić information content (AvgIpc) is 2.92. The molecule has 0 aliphatic rings. The van der Waals surface area contributed by atoms with E-state index in [4.69, 9.17) is 16.3 Å². The average molecular weight is 439 g/mol. The lowest BCUT2D eigenvalue weighted by Gasteiger charge is -2.07. The Bertz CT molecular complexity index is 1210. The second-order valence-corrected chi connectivity index (χ2v) is 9.25. The van der Waals surface area contributed by atoms with Gasteiger partial charge in [0.05, 0.1) is 21.7 Å². The van der Waals surface area contributed by atoms with Crippen molar-refractivity contribution in [2.24, 2.45) is 4.40 Å². The number of carbonyl (C=O) groups is 1. The second kappa shape index (κ2) is 8.06. The summed E-state index contributed by atoms with van der Waals surface area (Å²) in [5.74, 6) is -0.453. The Morgan fingerprint density at radius 3 is 2.46 bits per heavy atom. The zero-order valence-electron chi connectivity index (χ0n) is 15.6. The highest BCUT2D eigenvalue weighted by molar-refractivity contribution is 7.90. The number of ether oxygens (including phenoxy) is 1. The molecule has 3 rings (SSSR count). The summed E-state index contributed by atoms with van der Waals surface area (Å²) >= 11 is 7.05. The minimum Gasteiger partial charge on any atom is -0.465 e. The van der Waals surface area contributed by atoms with Gasteiger partial charge in [-0.25, -0.2) is 0 Å². The normalized spacial score (nSPS) is 12.5. The van der Waals surface area contributed by atoms with Crippen LogP contribution in [0, 0.1) is 13.8 Å². The van der Waals surface area contributed by atoms with Crippen LogP contribution in [0.1, 0.15) is 18.1 Å². The van der Waals surface area contributed by atoms with Crippen LogP contribution < -0.4 is 4.80 Å². The number of sulfonamides is 1. The van der Waals surface area contributed by atoms with E-state index in [1.54, 1.807) is 11.5 Å². The van der Waals surface area contributed by atoms with Crippen molar-refractivity contribution in [3.05, 3.63) is 57.3 Å². The van der Waals surface area contributed by atoms with Crippen LogP contribution in [0.2, 0.25) is 5.02 Å². The van der Waals surface area contributed by atoms with Gasteiger partial charge in [-0.05, 0) is 68.3 Å². The second-order valence-electron chi connectivity index (χ2n) is 6.20. The van der Waals surface area contributed by atoms with Crippen LogP contribution >= 0.6 is 22.9 Å². The quantitative estimate of drug-likeness (QED) is 0.567. The molecule has 6 nitrogen and oxygen atoms in total. The van der Waals surface area contributed by atoms with E-state index in [2.05, 4.69) is 4.40 Å². The van der Waals surface area contributed by atoms with Crippen molar-refractivity contribution >= 4 is 49.1 Å². The van der Waals surface area contributed by atoms with Gasteiger partial charge >= 0.3 is 5.97 Å². The number of fused-ring (bicyclic) bond motifs is 1. The fraction of sp³-hybridized carbons (Fsp3) is 0.263. The Morgan fingerprint density at radius 1 is 1.18 bits per heavy atom. The molecule has 0 fully saturated rings. The third-order valence-corrected chi connectivity index (χ3v) is 6.89. The largest absolute Gasteiger partial charge is 0.465 e. The standard InChI is InChI=1S/C19H19ClN2O4S2/c1-4-26-18(23)11-22-16-9-12(2)13(3)10-17(16)27-19(22)21-28(24,25)15-7-5-14(20)6-8-15/h5-10H,4,11H2,1-3H3. The number of hydrogen-bond acceptors (Lipinski definition) is 5. The highest BCUT2D eigenvalue weighted by atomic mass is 35.5. The van der Waals surface area contributed by atoms with E-state index in [0.29, 0.717) is 5.02 Å². The molecule has 0 N–H and O–H groups in total. The maximum Gasteiger partial charge on any atom is 0.326 e. The van der Waals surface area contributed by atoms with Gasteiger partial charge in [-0.2, -0.15) is 8.42 Å². The SMILES string of the molecule is CCOC(=O)Cn1c(=NS(=O)(=O)c2ccc(Cl)cc2)sc2cc(C)c(C)cc21. The minimum absolute atomic E-state index is 0.0319. The molecule has 0 spiro atoms. The molecule has 0 unspecified atom stereocenters. The number of aryl methyl sites for hydroxylation is 2. The predicted molar refractivity (Wildman–Crippen MR) is 110 cm³/mol. The fourth-order valence-electron chi connectivity index (χ4n) is 2.64. The van der Waals surface area contributed by atoms with Gasteiger partial charge < -0.3 is 9.30 Å². The zero-order chi connectivity index (χ0) is 20.5. The lowest BCUT2D eigenvalue weighted by Crippen LogP contribution is -2.23. The molecule has 0 saturated heterocycles. The fourth-order valence-corrected chi connectivity index (χ4v) is 5.08. The van der Waals surface area contributed by atoms with Crippen molar-refractivity contribution in [2.45, 2.75) is 32.2 Å². The van der Waals surface area contributed by atoms with Gasteiger partial charge in [0.25, 0.3) is 10.0 Å². The highest BCUT2D eigenvalue weighted by Crippen LogP contribution is 2.23. The number of rotatable bonds is 5.